The van der Waals surface area contributed by atoms with E-state index in [1.807, 2.05) is 18.3 Å². The molecule has 2 aromatic carbocycles. The van der Waals surface area contributed by atoms with Crippen LogP contribution in [0.5, 0.6) is 5.75 Å². The maximum Gasteiger partial charge on any atom is 0.269 e. The van der Waals surface area contributed by atoms with Crippen LogP contribution in [0.2, 0.25) is 0 Å². The molecule has 0 aliphatic carbocycles. The van der Waals surface area contributed by atoms with Gasteiger partial charge in [-0.15, -0.1) is 0 Å². The summed E-state index contributed by atoms with van der Waals surface area (Å²) < 4.78 is 45.1. The van der Waals surface area contributed by atoms with Crippen molar-refractivity contribution in [2.75, 3.05) is 26.4 Å². The number of hydrogen-bond acceptors (Lipinski definition) is 8. The van der Waals surface area contributed by atoms with Crippen LogP contribution in [0, 0.1) is 11.3 Å². The van der Waals surface area contributed by atoms with Gasteiger partial charge in [0.15, 0.2) is 5.65 Å². The van der Waals surface area contributed by atoms with Gasteiger partial charge >= 0.3 is 0 Å². The second-order valence-electron chi connectivity index (χ2n) is 9.77. The molecule has 2 saturated heterocycles. The van der Waals surface area contributed by atoms with Crippen molar-refractivity contribution in [1.82, 2.24) is 19.2 Å². The predicted molar refractivity (Wildman–Crippen MR) is 145 cm³/mol. The summed E-state index contributed by atoms with van der Waals surface area (Å²) in [6, 6.07) is 17.6. The number of nitriles is 1. The predicted octanol–water partition coefficient (Wildman–Crippen LogP) is 4.09. The highest BCUT2D eigenvalue weighted by molar-refractivity contribution is 7.90. The zero-order valence-corrected chi connectivity index (χ0v) is 22.0. The van der Waals surface area contributed by atoms with E-state index in [1.54, 1.807) is 54.9 Å². The van der Waals surface area contributed by atoms with E-state index in [4.69, 9.17) is 14.2 Å². The highest BCUT2D eigenvalue weighted by Crippen LogP contribution is 2.38. The number of hydrogen-bond donors (Lipinski definition) is 1. The fourth-order valence-electron chi connectivity index (χ4n) is 4.93. The average molecular weight is 554 g/mol. The number of pyridine rings is 1. The summed E-state index contributed by atoms with van der Waals surface area (Å²) in [5, 5.41) is 17.9. The molecule has 0 amide bonds. The van der Waals surface area contributed by atoms with Gasteiger partial charge in [-0.25, -0.2) is 17.4 Å². The van der Waals surface area contributed by atoms with Gasteiger partial charge in [0.2, 0.25) is 0 Å². The van der Waals surface area contributed by atoms with E-state index in [2.05, 4.69) is 21.3 Å². The van der Waals surface area contributed by atoms with Gasteiger partial charge in [-0.1, -0.05) is 24.3 Å². The van der Waals surface area contributed by atoms with Gasteiger partial charge in [-0.05, 0) is 35.9 Å². The Kier molecular flexibility index (Phi) is 5.89. The lowest BCUT2D eigenvalue weighted by molar-refractivity contribution is -0.0797. The van der Waals surface area contributed by atoms with Crippen molar-refractivity contribution in [3.63, 3.8) is 0 Å². The Morgan fingerprint density at radius 1 is 1.00 bits per heavy atom. The SMILES string of the molecule is N#Cc1cc(-c2cn(S(=O)(=O)c3ccccc3)c3ncc(-c4c[nH]nc4C4COC4)cc23)ccc1OC1COC1. The van der Waals surface area contributed by atoms with Gasteiger partial charge in [0.05, 0.1) is 48.5 Å². The topological polar surface area (TPSA) is 132 Å². The third-order valence-electron chi connectivity index (χ3n) is 7.23. The van der Waals surface area contributed by atoms with Gasteiger partial charge in [0.1, 0.15) is 17.9 Å². The molecule has 0 bridgehead atoms. The molecule has 0 unspecified atom stereocenters. The first-order chi connectivity index (χ1) is 19.5. The van der Waals surface area contributed by atoms with Crippen LogP contribution in [-0.2, 0) is 19.5 Å². The van der Waals surface area contributed by atoms with E-state index < -0.39 is 10.0 Å². The van der Waals surface area contributed by atoms with Gasteiger partial charge in [-0.3, -0.25) is 5.10 Å². The van der Waals surface area contributed by atoms with Crippen molar-refractivity contribution in [3.05, 3.63) is 84.4 Å². The van der Waals surface area contributed by atoms with Crippen LogP contribution in [0.1, 0.15) is 17.2 Å². The van der Waals surface area contributed by atoms with Gasteiger partial charge in [0, 0.05) is 40.7 Å². The number of benzene rings is 2. The van der Waals surface area contributed by atoms with Crippen molar-refractivity contribution < 1.29 is 22.6 Å². The highest BCUT2D eigenvalue weighted by atomic mass is 32.2. The standard InChI is InChI=1S/C29H23N5O5S/c30-10-19-8-18(6-7-27(19)39-22-16-38-17-22)26-13-34(40(35,36)23-4-2-1-3-5-23)29-24(26)9-20(11-31-29)25-12-32-33-28(25)21-14-37-15-21/h1-9,11-13,21-22H,14-17H2,(H,32,33). The Balaban J connectivity index is 1.40. The quantitative estimate of drug-likeness (QED) is 0.319. The summed E-state index contributed by atoms with van der Waals surface area (Å²) in [4.78, 5) is 4.79. The largest absolute Gasteiger partial charge is 0.484 e. The smallest absolute Gasteiger partial charge is 0.269 e. The van der Waals surface area contributed by atoms with Crippen LogP contribution in [0.15, 0.2) is 78.1 Å². The Bertz CT molecular complexity index is 1880. The molecule has 5 aromatic rings. The molecule has 1 N–H and O–H groups in total. The Labute approximate surface area is 229 Å². The lowest BCUT2D eigenvalue weighted by Gasteiger charge is -2.27. The minimum atomic E-state index is -3.96. The molecule has 0 saturated carbocycles. The van der Waals surface area contributed by atoms with Crippen LogP contribution in [0.25, 0.3) is 33.3 Å². The van der Waals surface area contributed by atoms with Crippen molar-refractivity contribution in [3.8, 4) is 34.1 Å². The molecule has 0 atom stereocenters. The van der Waals surface area contributed by atoms with Crippen molar-refractivity contribution in [2.45, 2.75) is 16.9 Å². The summed E-state index contributed by atoms with van der Waals surface area (Å²) in [5.41, 5.74) is 4.49. The summed E-state index contributed by atoms with van der Waals surface area (Å²) >= 11 is 0. The van der Waals surface area contributed by atoms with Crippen LogP contribution in [0.4, 0.5) is 0 Å². The van der Waals surface area contributed by atoms with E-state index in [1.165, 1.54) is 3.97 Å². The molecule has 0 radical (unpaired) electrons. The number of nitrogens with one attached hydrogen (secondary N) is 1. The fraction of sp³-hybridized carbons (Fsp3) is 0.207. The number of H-pyrrole nitrogens is 1. The summed E-state index contributed by atoms with van der Waals surface area (Å²) in [7, 11) is -3.96. The molecular formula is C29H23N5O5S. The van der Waals surface area contributed by atoms with E-state index >= 15 is 0 Å². The first kappa shape index (κ1) is 24.5. The molecule has 2 fully saturated rings. The lowest BCUT2D eigenvalue weighted by Crippen LogP contribution is -2.38. The summed E-state index contributed by atoms with van der Waals surface area (Å²) in [6.45, 7) is 2.16. The number of aromatic amines is 1. The van der Waals surface area contributed by atoms with E-state index in [0.29, 0.717) is 54.3 Å². The molecule has 40 heavy (non-hydrogen) atoms. The summed E-state index contributed by atoms with van der Waals surface area (Å²) in [5.74, 6) is 0.649. The second-order valence-corrected chi connectivity index (χ2v) is 11.6. The van der Waals surface area contributed by atoms with Crippen LogP contribution in [-0.4, -0.2) is 60.1 Å². The minimum absolute atomic E-state index is 0.0899. The summed E-state index contributed by atoms with van der Waals surface area (Å²) in [6.07, 6.45) is 4.96. The van der Waals surface area contributed by atoms with Crippen molar-refractivity contribution in [1.29, 1.82) is 5.26 Å². The fourth-order valence-corrected chi connectivity index (χ4v) is 6.28. The molecule has 5 heterocycles. The van der Waals surface area contributed by atoms with Crippen molar-refractivity contribution in [2.24, 2.45) is 0 Å². The number of rotatable bonds is 7. The van der Waals surface area contributed by atoms with E-state index in [0.717, 1.165) is 16.8 Å². The van der Waals surface area contributed by atoms with Gasteiger partial charge < -0.3 is 14.2 Å². The number of nitrogens with zero attached hydrogens (tertiary/aromatic N) is 4. The maximum atomic E-state index is 13.7. The lowest BCUT2D eigenvalue weighted by atomic mass is 9.96. The molecule has 7 rings (SSSR count). The number of aromatic nitrogens is 4. The molecule has 2 aliphatic heterocycles. The first-order valence-corrected chi connectivity index (χ1v) is 14.2. The van der Waals surface area contributed by atoms with Crippen LogP contribution >= 0.6 is 0 Å². The normalized spacial score (nSPS) is 15.9. The maximum absolute atomic E-state index is 13.7. The highest BCUT2D eigenvalue weighted by Gasteiger charge is 2.28. The average Bonchev–Trinajstić information content (AvgIpc) is 3.55. The zero-order valence-electron chi connectivity index (χ0n) is 21.1. The van der Waals surface area contributed by atoms with Crippen LogP contribution in [0.3, 0.4) is 0 Å². The molecule has 0 spiro atoms. The second kappa shape index (κ2) is 9.60. The van der Waals surface area contributed by atoms with Gasteiger partial charge in [-0.2, -0.15) is 10.4 Å². The Morgan fingerprint density at radius 2 is 1.80 bits per heavy atom. The van der Waals surface area contributed by atoms with E-state index in [9.17, 15) is 13.7 Å². The molecule has 3 aromatic heterocycles. The monoisotopic (exact) mass is 553 g/mol. The Hall–Kier alpha value is -4.50. The molecule has 10 nitrogen and oxygen atoms in total. The number of fused-ring (bicyclic) bond motifs is 1. The van der Waals surface area contributed by atoms with Crippen molar-refractivity contribution >= 4 is 21.1 Å². The molecule has 2 aliphatic rings. The van der Waals surface area contributed by atoms with Gasteiger partial charge in [0.25, 0.3) is 10.0 Å². The molecular weight excluding hydrogens is 530 g/mol. The molecule has 200 valence electrons. The minimum Gasteiger partial charge on any atom is -0.484 e. The third kappa shape index (κ3) is 4.05. The van der Waals surface area contributed by atoms with E-state index in [-0.39, 0.29) is 22.6 Å². The zero-order chi connectivity index (χ0) is 27.3. The third-order valence-corrected chi connectivity index (χ3v) is 8.89. The number of ether oxygens (including phenoxy) is 3. The first-order valence-electron chi connectivity index (χ1n) is 12.8. The molecule has 11 heteroatoms. The van der Waals surface area contributed by atoms with Crippen LogP contribution < -0.4 is 4.74 Å². The Morgan fingerprint density at radius 3 is 2.50 bits per heavy atom.